The van der Waals surface area contributed by atoms with Crippen LogP contribution in [0.4, 0.5) is 0 Å². The van der Waals surface area contributed by atoms with Gasteiger partial charge in [-0.1, -0.05) is 0 Å². The molecule has 48 valence electrons. The van der Waals surface area contributed by atoms with Crippen molar-refractivity contribution in [3.8, 4) is 0 Å². The zero-order valence-corrected chi connectivity index (χ0v) is 5.99. The van der Waals surface area contributed by atoms with Gasteiger partial charge in [0.25, 0.3) is 5.91 Å². The van der Waals surface area contributed by atoms with Crippen molar-refractivity contribution in [1.29, 1.82) is 0 Å². The first-order valence-electron chi connectivity index (χ1n) is 2.13. The van der Waals surface area contributed by atoms with E-state index in [1.165, 1.54) is 24.5 Å². The molecule has 0 saturated heterocycles. The smallest absolute Gasteiger partial charge is 0.260 e. The second kappa shape index (κ2) is 2.94. The van der Waals surface area contributed by atoms with Crippen LogP contribution in [0, 0.1) is 0 Å². The van der Waals surface area contributed by atoms with Crippen molar-refractivity contribution in [2.45, 2.75) is 6.92 Å². The Kier molecular flexibility index (Phi) is 2.86. The molecule has 1 amide bonds. The number of carbonyl (C=O) groups is 1. The number of hydrogen-bond donors (Lipinski definition) is 0. The van der Waals surface area contributed by atoms with Gasteiger partial charge in [0.1, 0.15) is 6.26 Å². The van der Waals surface area contributed by atoms with Gasteiger partial charge in [-0.3, -0.25) is 4.79 Å². The van der Waals surface area contributed by atoms with Crippen LogP contribution in [0.2, 0.25) is 0 Å². The first kappa shape index (κ1) is 7.78. The van der Waals surface area contributed by atoms with Gasteiger partial charge in [-0.15, -0.1) is 0 Å². The standard InChI is InChI=1S/C4H9NO2S/c1-4(6)5(2)8(3)7/h1-3H3. The third kappa shape index (κ3) is 2.18. The molecule has 0 heterocycles. The average molecular weight is 135 g/mol. The lowest BCUT2D eigenvalue weighted by Gasteiger charge is -2.13. The second-order valence-electron chi connectivity index (χ2n) is 1.44. The summed E-state index contributed by atoms with van der Waals surface area (Å²) in [5.74, 6) is -0.175. The molecule has 0 aromatic carbocycles. The van der Waals surface area contributed by atoms with Crippen molar-refractivity contribution in [3.05, 3.63) is 0 Å². The van der Waals surface area contributed by atoms with Crippen LogP contribution in [0.3, 0.4) is 0 Å². The van der Waals surface area contributed by atoms with Gasteiger partial charge in [0, 0.05) is 6.92 Å². The highest BCUT2D eigenvalue weighted by Crippen LogP contribution is 1.91. The minimum Gasteiger partial charge on any atom is -0.593 e. The molecule has 0 aromatic heterocycles. The summed E-state index contributed by atoms with van der Waals surface area (Å²) in [6, 6.07) is 0. The Morgan fingerprint density at radius 3 is 2.12 bits per heavy atom. The summed E-state index contributed by atoms with van der Waals surface area (Å²) in [7, 11) is 1.50. The molecule has 8 heavy (non-hydrogen) atoms. The summed E-state index contributed by atoms with van der Waals surface area (Å²) in [4.78, 5) is 10.3. The Bertz CT molecular complexity index is 94.0. The molecule has 0 fully saturated rings. The Labute approximate surface area is 52.0 Å². The highest BCUT2D eigenvalue weighted by atomic mass is 32.2. The lowest BCUT2D eigenvalue weighted by atomic mass is 10.7. The van der Waals surface area contributed by atoms with Crippen LogP contribution in [0.1, 0.15) is 6.92 Å². The molecular weight excluding hydrogens is 126 g/mol. The van der Waals surface area contributed by atoms with Gasteiger partial charge in [0.05, 0.1) is 18.4 Å². The van der Waals surface area contributed by atoms with Gasteiger partial charge in [-0.2, -0.15) is 4.31 Å². The molecule has 1 unspecified atom stereocenters. The third-order valence-corrected chi connectivity index (χ3v) is 1.86. The lowest BCUT2D eigenvalue weighted by molar-refractivity contribution is -0.123. The summed E-state index contributed by atoms with van der Waals surface area (Å²) in [5.41, 5.74) is 0. The summed E-state index contributed by atoms with van der Waals surface area (Å²) in [6.45, 7) is 1.38. The van der Waals surface area contributed by atoms with E-state index in [0.717, 1.165) is 0 Å². The number of rotatable bonds is 1. The Hall–Kier alpha value is -0.220. The molecule has 0 aliphatic carbocycles. The van der Waals surface area contributed by atoms with Crippen LogP contribution in [0.25, 0.3) is 0 Å². The van der Waals surface area contributed by atoms with E-state index in [1.54, 1.807) is 0 Å². The normalized spacial score (nSPS) is 13.0. The van der Waals surface area contributed by atoms with Crippen molar-refractivity contribution < 1.29 is 9.35 Å². The molecule has 0 aromatic rings. The Balaban J connectivity index is 3.64. The molecular formula is C4H9NO2S. The van der Waals surface area contributed by atoms with E-state index in [9.17, 15) is 9.35 Å². The quantitative estimate of drug-likeness (QED) is 0.466. The van der Waals surface area contributed by atoms with Crippen molar-refractivity contribution in [2.24, 2.45) is 0 Å². The lowest BCUT2D eigenvalue weighted by Crippen LogP contribution is -2.29. The molecule has 0 aliphatic heterocycles. The number of nitrogens with zero attached hydrogens (tertiary/aromatic N) is 1. The molecule has 0 saturated carbocycles. The largest absolute Gasteiger partial charge is 0.593 e. The molecule has 0 aliphatic rings. The fraction of sp³-hybridized carbons (Fsp3) is 0.750. The van der Waals surface area contributed by atoms with Crippen molar-refractivity contribution in [3.63, 3.8) is 0 Å². The van der Waals surface area contributed by atoms with Crippen molar-refractivity contribution >= 4 is 17.3 Å². The van der Waals surface area contributed by atoms with Gasteiger partial charge >= 0.3 is 0 Å². The fourth-order valence-electron chi connectivity index (χ4n) is 0.181. The molecule has 0 radical (unpaired) electrons. The van der Waals surface area contributed by atoms with Crippen LogP contribution in [-0.2, 0) is 16.2 Å². The summed E-state index contributed by atoms with van der Waals surface area (Å²) in [6.07, 6.45) is 1.46. The van der Waals surface area contributed by atoms with Gasteiger partial charge in [0.15, 0.2) is 0 Å². The van der Waals surface area contributed by atoms with Gasteiger partial charge in [-0.05, 0) is 0 Å². The number of amides is 1. The van der Waals surface area contributed by atoms with Gasteiger partial charge in [0.2, 0.25) is 0 Å². The SMILES string of the molecule is CC(=O)N(C)[S+](C)[O-]. The number of carbonyl (C=O) groups excluding carboxylic acids is 1. The van der Waals surface area contributed by atoms with E-state index in [2.05, 4.69) is 0 Å². The first-order valence-corrected chi connectivity index (χ1v) is 3.65. The topological polar surface area (TPSA) is 43.4 Å². The number of hydrogen-bond acceptors (Lipinski definition) is 2. The van der Waals surface area contributed by atoms with Crippen LogP contribution < -0.4 is 0 Å². The van der Waals surface area contributed by atoms with Gasteiger partial charge in [-0.25, -0.2) is 0 Å². The van der Waals surface area contributed by atoms with E-state index in [0.29, 0.717) is 0 Å². The van der Waals surface area contributed by atoms with Crippen molar-refractivity contribution in [1.82, 2.24) is 4.31 Å². The maximum absolute atomic E-state index is 10.4. The van der Waals surface area contributed by atoms with Crippen LogP contribution >= 0.6 is 0 Å². The molecule has 3 nitrogen and oxygen atoms in total. The molecule has 0 rings (SSSR count). The fourth-order valence-corrected chi connectivity index (χ4v) is 0.543. The zero-order valence-electron chi connectivity index (χ0n) is 5.17. The Morgan fingerprint density at radius 1 is 1.75 bits per heavy atom. The van der Waals surface area contributed by atoms with E-state index >= 15 is 0 Å². The third-order valence-electron chi connectivity index (χ3n) is 0.829. The predicted octanol–water partition coefficient (Wildman–Crippen LogP) is -0.242. The average Bonchev–Trinajstić information content (AvgIpc) is 1.64. The summed E-state index contributed by atoms with van der Waals surface area (Å²) < 4.78 is 11.6. The molecule has 0 bridgehead atoms. The highest BCUT2D eigenvalue weighted by molar-refractivity contribution is 7.88. The molecule has 4 heteroatoms. The summed E-state index contributed by atoms with van der Waals surface area (Å²) >= 11 is -1.16. The maximum Gasteiger partial charge on any atom is 0.260 e. The van der Waals surface area contributed by atoms with Crippen molar-refractivity contribution in [2.75, 3.05) is 13.3 Å². The van der Waals surface area contributed by atoms with Gasteiger partial charge < -0.3 is 4.55 Å². The van der Waals surface area contributed by atoms with Crippen LogP contribution in [0.5, 0.6) is 0 Å². The van der Waals surface area contributed by atoms with Crippen LogP contribution in [-0.4, -0.2) is 28.1 Å². The maximum atomic E-state index is 10.4. The zero-order chi connectivity index (χ0) is 6.73. The minimum atomic E-state index is -1.16. The molecule has 0 N–H and O–H groups in total. The Morgan fingerprint density at radius 2 is 2.12 bits per heavy atom. The van der Waals surface area contributed by atoms with E-state index < -0.39 is 11.4 Å². The van der Waals surface area contributed by atoms with E-state index in [4.69, 9.17) is 0 Å². The minimum absolute atomic E-state index is 0.175. The molecule has 1 atom stereocenters. The second-order valence-corrected chi connectivity index (χ2v) is 2.84. The van der Waals surface area contributed by atoms with E-state index in [1.807, 2.05) is 0 Å². The first-order chi connectivity index (χ1) is 3.55. The monoisotopic (exact) mass is 135 g/mol. The predicted molar refractivity (Wildman–Crippen MR) is 32.5 cm³/mol. The highest BCUT2D eigenvalue weighted by Gasteiger charge is 2.09. The van der Waals surface area contributed by atoms with E-state index in [-0.39, 0.29) is 5.91 Å². The summed E-state index contributed by atoms with van der Waals surface area (Å²) in [5, 5.41) is 0. The van der Waals surface area contributed by atoms with Crippen LogP contribution in [0.15, 0.2) is 0 Å². The molecule has 0 spiro atoms.